The minimum atomic E-state index is 0.0596. The van der Waals surface area contributed by atoms with Gasteiger partial charge in [-0.05, 0) is 40.6 Å². The predicted octanol–water partition coefficient (Wildman–Crippen LogP) is 4.06. The molecule has 0 saturated carbocycles. The van der Waals surface area contributed by atoms with Crippen molar-refractivity contribution < 1.29 is 14.3 Å². The molecule has 0 N–H and O–H groups in total. The molecule has 3 rings (SSSR count). The molecule has 0 atom stereocenters. The van der Waals surface area contributed by atoms with Crippen LogP contribution < -0.4 is 9.47 Å². The highest BCUT2D eigenvalue weighted by Crippen LogP contribution is 2.23. The topological polar surface area (TPSA) is 38.8 Å². The van der Waals surface area contributed by atoms with Gasteiger partial charge in [0.1, 0.15) is 11.5 Å². The summed E-state index contributed by atoms with van der Waals surface area (Å²) < 4.78 is 10.6. The number of methoxy groups -OCH3 is 2. The van der Waals surface area contributed by atoms with E-state index in [0.717, 1.165) is 33.4 Å². The molecule has 4 heteroatoms. The van der Waals surface area contributed by atoms with Gasteiger partial charge >= 0.3 is 0 Å². The molecular weight excluding hydrogens is 326 g/mol. The number of rotatable bonds is 6. The molecule has 4 nitrogen and oxygen atoms in total. The molecule has 134 valence electrons. The Morgan fingerprint density at radius 2 is 1.65 bits per heavy atom. The number of benzene rings is 3. The molecule has 3 aromatic carbocycles. The maximum absolute atomic E-state index is 12.6. The van der Waals surface area contributed by atoms with Crippen LogP contribution in [0, 0.1) is 0 Å². The third-order valence-corrected chi connectivity index (χ3v) is 4.49. The second kappa shape index (κ2) is 7.91. The Balaban J connectivity index is 1.71. The Morgan fingerprint density at radius 3 is 2.42 bits per heavy atom. The maximum atomic E-state index is 12.6. The van der Waals surface area contributed by atoms with Crippen LogP contribution in [0.15, 0.2) is 60.7 Å². The van der Waals surface area contributed by atoms with Gasteiger partial charge in [0.2, 0.25) is 5.91 Å². The molecule has 0 aliphatic rings. The average molecular weight is 349 g/mol. The molecule has 0 unspecified atom stereocenters. The third-order valence-electron chi connectivity index (χ3n) is 4.49. The molecule has 0 saturated heterocycles. The fraction of sp³-hybridized carbons (Fsp3) is 0.227. The molecule has 3 aromatic rings. The molecule has 0 spiro atoms. The zero-order chi connectivity index (χ0) is 18.5. The van der Waals surface area contributed by atoms with Crippen LogP contribution in [-0.4, -0.2) is 32.1 Å². The van der Waals surface area contributed by atoms with E-state index in [1.54, 1.807) is 19.1 Å². The number of para-hydroxylation sites is 1. The van der Waals surface area contributed by atoms with E-state index in [0.29, 0.717) is 13.0 Å². The van der Waals surface area contributed by atoms with Crippen LogP contribution in [0.2, 0.25) is 0 Å². The zero-order valence-corrected chi connectivity index (χ0v) is 15.4. The number of likely N-dealkylation sites (N-methyl/N-ethyl adjacent to an activating group) is 1. The zero-order valence-electron chi connectivity index (χ0n) is 15.4. The minimum Gasteiger partial charge on any atom is -0.497 e. The van der Waals surface area contributed by atoms with Crippen LogP contribution in [-0.2, 0) is 17.8 Å². The average Bonchev–Trinajstić information content (AvgIpc) is 2.67. The summed E-state index contributed by atoms with van der Waals surface area (Å²) in [5.74, 6) is 1.65. The van der Waals surface area contributed by atoms with Crippen LogP contribution in [0.4, 0.5) is 0 Å². The molecule has 0 aromatic heterocycles. The highest BCUT2D eigenvalue weighted by molar-refractivity contribution is 5.85. The quantitative estimate of drug-likeness (QED) is 0.674. The van der Waals surface area contributed by atoms with E-state index in [2.05, 4.69) is 18.2 Å². The fourth-order valence-electron chi connectivity index (χ4n) is 3.01. The van der Waals surface area contributed by atoms with E-state index in [4.69, 9.17) is 9.47 Å². The predicted molar refractivity (Wildman–Crippen MR) is 104 cm³/mol. The lowest BCUT2D eigenvalue weighted by molar-refractivity contribution is -0.129. The highest BCUT2D eigenvalue weighted by Gasteiger charge is 2.13. The molecule has 0 aliphatic heterocycles. The number of fused-ring (bicyclic) bond motifs is 1. The Bertz CT molecular complexity index is 920. The molecular formula is C22H23NO3. The summed E-state index contributed by atoms with van der Waals surface area (Å²) in [6.45, 7) is 0.565. The minimum absolute atomic E-state index is 0.0596. The van der Waals surface area contributed by atoms with Crippen LogP contribution >= 0.6 is 0 Å². The summed E-state index contributed by atoms with van der Waals surface area (Å²) in [6.07, 6.45) is 0.325. The Morgan fingerprint density at radius 1 is 0.923 bits per heavy atom. The van der Waals surface area contributed by atoms with Gasteiger partial charge in [0.15, 0.2) is 0 Å². The number of carbonyl (C=O) groups is 1. The van der Waals surface area contributed by atoms with Crippen molar-refractivity contribution in [2.75, 3.05) is 21.3 Å². The summed E-state index contributed by atoms with van der Waals surface area (Å²) in [5, 5.41) is 2.25. The number of ether oxygens (including phenoxy) is 2. The standard InChI is InChI=1S/C22H23NO3/c1-23(22(24)14-19-6-4-5-7-21(19)26-3)15-16-8-9-18-13-20(25-2)11-10-17(18)12-16/h4-13H,14-15H2,1-3H3. The van der Waals surface area contributed by atoms with Crippen molar-refractivity contribution in [2.45, 2.75) is 13.0 Å². The Hall–Kier alpha value is -3.01. The number of nitrogens with zero attached hydrogens (tertiary/aromatic N) is 1. The molecule has 0 bridgehead atoms. The summed E-state index contributed by atoms with van der Waals surface area (Å²) in [5.41, 5.74) is 2.00. The second-order valence-corrected chi connectivity index (χ2v) is 6.29. The summed E-state index contributed by atoms with van der Waals surface area (Å²) in [4.78, 5) is 14.3. The third kappa shape index (κ3) is 3.97. The van der Waals surface area contributed by atoms with Gasteiger partial charge in [-0.25, -0.2) is 0 Å². The fourth-order valence-corrected chi connectivity index (χ4v) is 3.01. The van der Waals surface area contributed by atoms with E-state index in [1.165, 1.54) is 0 Å². The van der Waals surface area contributed by atoms with Gasteiger partial charge < -0.3 is 14.4 Å². The van der Waals surface area contributed by atoms with Crippen molar-refractivity contribution in [3.63, 3.8) is 0 Å². The lowest BCUT2D eigenvalue weighted by atomic mass is 10.1. The SMILES string of the molecule is COc1ccc2cc(CN(C)C(=O)Cc3ccccc3OC)ccc2c1. The van der Waals surface area contributed by atoms with Crippen LogP contribution in [0.1, 0.15) is 11.1 Å². The molecule has 0 radical (unpaired) electrons. The first-order valence-electron chi connectivity index (χ1n) is 8.53. The van der Waals surface area contributed by atoms with Gasteiger partial charge in [0.05, 0.1) is 20.6 Å². The van der Waals surface area contributed by atoms with Gasteiger partial charge in [-0.15, -0.1) is 0 Å². The second-order valence-electron chi connectivity index (χ2n) is 6.29. The van der Waals surface area contributed by atoms with E-state index in [-0.39, 0.29) is 5.91 Å². The van der Waals surface area contributed by atoms with Crippen molar-refractivity contribution >= 4 is 16.7 Å². The lowest BCUT2D eigenvalue weighted by Crippen LogP contribution is -2.27. The van der Waals surface area contributed by atoms with Crippen molar-refractivity contribution in [1.29, 1.82) is 0 Å². The molecule has 0 fully saturated rings. The first-order valence-corrected chi connectivity index (χ1v) is 8.53. The van der Waals surface area contributed by atoms with E-state index >= 15 is 0 Å². The molecule has 0 aliphatic carbocycles. The monoisotopic (exact) mass is 349 g/mol. The largest absolute Gasteiger partial charge is 0.497 e. The lowest BCUT2D eigenvalue weighted by Gasteiger charge is -2.18. The number of carbonyl (C=O) groups excluding carboxylic acids is 1. The first-order chi connectivity index (χ1) is 12.6. The summed E-state index contributed by atoms with van der Waals surface area (Å²) >= 11 is 0. The number of amides is 1. The van der Waals surface area contributed by atoms with Gasteiger partial charge in [-0.2, -0.15) is 0 Å². The summed E-state index contributed by atoms with van der Waals surface area (Å²) in [6, 6.07) is 19.8. The molecule has 1 amide bonds. The van der Waals surface area contributed by atoms with Crippen LogP contribution in [0.25, 0.3) is 10.8 Å². The maximum Gasteiger partial charge on any atom is 0.227 e. The molecule has 26 heavy (non-hydrogen) atoms. The van der Waals surface area contributed by atoms with Crippen LogP contribution in [0.3, 0.4) is 0 Å². The van der Waals surface area contributed by atoms with E-state index < -0.39 is 0 Å². The van der Waals surface area contributed by atoms with Crippen molar-refractivity contribution in [2.24, 2.45) is 0 Å². The van der Waals surface area contributed by atoms with E-state index in [9.17, 15) is 4.79 Å². The van der Waals surface area contributed by atoms with Gasteiger partial charge in [-0.1, -0.05) is 36.4 Å². The van der Waals surface area contributed by atoms with Crippen molar-refractivity contribution in [3.8, 4) is 11.5 Å². The highest BCUT2D eigenvalue weighted by atomic mass is 16.5. The van der Waals surface area contributed by atoms with E-state index in [1.807, 2.05) is 49.5 Å². The molecule has 0 heterocycles. The van der Waals surface area contributed by atoms with Crippen LogP contribution in [0.5, 0.6) is 11.5 Å². The first kappa shape index (κ1) is 17.8. The Kier molecular flexibility index (Phi) is 5.42. The smallest absolute Gasteiger partial charge is 0.227 e. The van der Waals surface area contributed by atoms with Gasteiger partial charge in [-0.3, -0.25) is 4.79 Å². The Labute approximate surface area is 154 Å². The number of hydrogen-bond acceptors (Lipinski definition) is 3. The normalized spacial score (nSPS) is 10.6. The summed E-state index contributed by atoms with van der Waals surface area (Å²) in [7, 11) is 5.12. The van der Waals surface area contributed by atoms with Crippen molar-refractivity contribution in [1.82, 2.24) is 4.90 Å². The van der Waals surface area contributed by atoms with Gasteiger partial charge in [0, 0.05) is 19.2 Å². The number of hydrogen-bond donors (Lipinski definition) is 0. The van der Waals surface area contributed by atoms with Crippen molar-refractivity contribution in [3.05, 3.63) is 71.8 Å². The van der Waals surface area contributed by atoms with Gasteiger partial charge in [0.25, 0.3) is 0 Å².